The van der Waals surface area contributed by atoms with Gasteiger partial charge in [-0.15, -0.1) is 0 Å². The van der Waals surface area contributed by atoms with E-state index in [2.05, 4.69) is 10.6 Å². The largest absolute Gasteiger partial charge is 0.481 e. The number of carbonyl (C=O) groups excluding carboxylic acids is 1. The van der Waals surface area contributed by atoms with Gasteiger partial charge in [0, 0.05) is 26.2 Å². The Hall–Kier alpha value is -1.83. The fourth-order valence-electron chi connectivity index (χ4n) is 1.65. The third kappa shape index (κ3) is 8.85. The van der Waals surface area contributed by atoms with Gasteiger partial charge in [0.1, 0.15) is 6.04 Å². The van der Waals surface area contributed by atoms with E-state index in [0.717, 1.165) is 6.61 Å². The molecular formula is C13H22N2O6. The lowest BCUT2D eigenvalue weighted by Gasteiger charge is -2.14. The Bertz CT molecular complexity index is 370. The molecule has 1 atom stereocenters. The molecule has 0 aromatic carbocycles. The highest BCUT2D eigenvalue weighted by Crippen LogP contribution is 2.28. The highest BCUT2D eigenvalue weighted by Gasteiger charge is 2.21. The Morgan fingerprint density at radius 1 is 1.24 bits per heavy atom. The summed E-state index contributed by atoms with van der Waals surface area (Å²) in [6, 6.07) is -1.82. The number of aliphatic carboxylic acids is 2. The molecule has 1 fully saturated rings. The van der Waals surface area contributed by atoms with Crippen LogP contribution in [0.3, 0.4) is 0 Å². The highest BCUT2D eigenvalue weighted by molar-refractivity contribution is 5.82. The van der Waals surface area contributed by atoms with E-state index in [9.17, 15) is 14.4 Å². The van der Waals surface area contributed by atoms with Crippen molar-refractivity contribution in [1.82, 2.24) is 10.6 Å². The Morgan fingerprint density at radius 3 is 2.52 bits per heavy atom. The topological polar surface area (TPSA) is 125 Å². The maximum atomic E-state index is 11.5. The fraction of sp³-hybridized carbons (Fsp3) is 0.769. The normalized spacial score (nSPS) is 15.2. The van der Waals surface area contributed by atoms with Crippen LogP contribution in [-0.4, -0.2) is 54.0 Å². The van der Waals surface area contributed by atoms with E-state index in [1.807, 2.05) is 0 Å². The maximum absolute atomic E-state index is 11.5. The van der Waals surface area contributed by atoms with Gasteiger partial charge in [-0.2, -0.15) is 0 Å². The Morgan fingerprint density at radius 2 is 1.95 bits per heavy atom. The number of hydrogen-bond acceptors (Lipinski definition) is 4. The summed E-state index contributed by atoms with van der Waals surface area (Å²) < 4.78 is 5.39. The summed E-state index contributed by atoms with van der Waals surface area (Å²) in [4.78, 5) is 32.8. The lowest BCUT2D eigenvalue weighted by Crippen LogP contribution is -2.46. The van der Waals surface area contributed by atoms with Crippen LogP contribution in [0.4, 0.5) is 4.79 Å². The van der Waals surface area contributed by atoms with Crippen LogP contribution in [0.5, 0.6) is 0 Å². The summed E-state index contributed by atoms with van der Waals surface area (Å²) >= 11 is 0. The summed E-state index contributed by atoms with van der Waals surface area (Å²) in [7, 11) is 0. The number of carbonyl (C=O) groups is 3. The Balaban J connectivity index is 2.07. The minimum absolute atomic E-state index is 0.150. The van der Waals surface area contributed by atoms with Crippen LogP contribution in [0, 0.1) is 5.92 Å². The second-order valence-electron chi connectivity index (χ2n) is 5.10. The molecule has 1 aliphatic carbocycles. The zero-order valence-electron chi connectivity index (χ0n) is 11.8. The van der Waals surface area contributed by atoms with E-state index < -0.39 is 24.0 Å². The second kappa shape index (κ2) is 9.17. The van der Waals surface area contributed by atoms with Crippen LogP contribution in [-0.2, 0) is 14.3 Å². The SMILES string of the molecule is O=C(O)CCC(NC(=O)NCCCOCC1CC1)C(=O)O. The minimum atomic E-state index is -1.25. The second-order valence-corrected chi connectivity index (χ2v) is 5.10. The zero-order valence-corrected chi connectivity index (χ0v) is 11.8. The molecule has 0 saturated heterocycles. The van der Waals surface area contributed by atoms with Crippen LogP contribution in [0.25, 0.3) is 0 Å². The third-order valence-corrected chi connectivity index (χ3v) is 3.05. The number of ether oxygens (including phenoxy) is 1. The van der Waals surface area contributed by atoms with Crippen molar-refractivity contribution in [2.45, 2.75) is 38.1 Å². The lowest BCUT2D eigenvalue weighted by molar-refractivity contribution is -0.140. The summed E-state index contributed by atoms with van der Waals surface area (Å²) in [6.07, 6.45) is 2.64. The summed E-state index contributed by atoms with van der Waals surface area (Å²) in [6.45, 7) is 1.70. The molecule has 1 unspecified atom stereocenters. The van der Waals surface area contributed by atoms with Gasteiger partial charge in [0.05, 0.1) is 0 Å². The Labute approximate surface area is 122 Å². The number of urea groups is 1. The molecule has 0 aliphatic heterocycles. The van der Waals surface area contributed by atoms with Crippen molar-refractivity contribution in [1.29, 1.82) is 0 Å². The van der Waals surface area contributed by atoms with Crippen LogP contribution >= 0.6 is 0 Å². The van der Waals surface area contributed by atoms with Crippen molar-refractivity contribution in [2.24, 2.45) is 5.92 Å². The average molecular weight is 302 g/mol. The molecular weight excluding hydrogens is 280 g/mol. The van der Waals surface area contributed by atoms with Crippen LogP contribution in [0.2, 0.25) is 0 Å². The van der Waals surface area contributed by atoms with Crippen molar-refractivity contribution >= 4 is 18.0 Å². The lowest BCUT2D eigenvalue weighted by atomic mass is 10.1. The first-order valence-corrected chi connectivity index (χ1v) is 7.05. The molecule has 1 aliphatic rings. The molecule has 0 heterocycles. The zero-order chi connectivity index (χ0) is 15.7. The predicted octanol–water partition coefficient (Wildman–Crippen LogP) is 0.420. The van der Waals surface area contributed by atoms with Crippen LogP contribution in [0.1, 0.15) is 32.1 Å². The van der Waals surface area contributed by atoms with Crippen LogP contribution < -0.4 is 10.6 Å². The molecule has 2 amide bonds. The predicted molar refractivity (Wildman–Crippen MR) is 73.0 cm³/mol. The highest BCUT2D eigenvalue weighted by atomic mass is 16.5. The maximum Gasteiger partial charge on any atom is 0.326 e. The Kier molecular flexibility index (Phi) is 7.52. The quantitative estimate of drug-likeness (QED) is 0.410. The van der Waals surface area contributed by atoms with Gasteiger partial charge in [-0.1, -0.05) is 0 Å². The minimum Gasteiger partial charge on any atom is -0.481 e. The molecule has 0 radical (unpaired) electrons. The van der Waals surface area contributed by atoms with E-state index in [-0.39, 0.29) is 12.8 Å². The van der Waals surface area contributed by atoms with Gasteiger partial charge in [-0.05, 0) is 31.6 Å². The van der Waals surface area contributed by atoms with Gasteiger partial charge in [-0.3, -0.25) is 4.79 Å². The molecule has 120 valence electrons. The van der Waals surface area contributed by atoms with Gasteiger partial charge in [-0.25, -0.2) is 9.59 Å². The summed E-state index contributed by atoms with van der Waals surface area (Å²) in [5, 5.41) is 22.1. The van der Waals surface area contributed by atoms with E-state index in [0.29, 0.717) is 25.5 Å². The van der Waals surface area contributed by atoms with Gasteiger partial charge in [0.2, 0.25) is 0 Å². The summed E-state index contributed by atoms with van der Waals surface area (Å²) in [5.74, 6) is -1.65. The molecule has 4 N–H and O–H groups in total. The van der Waals surface area contributed by atoms with Crippen molar-refractivity contribution in [2.75, 3.05) is 19.8 Å². The first-order valence-electron chi connectivity index (χ1n) is 7.05. The molecule has 0 bridgehead atoms. The molecule has 8 nitrogen and oxygen atoms in total. The molecule has 0 aromatic heterocycles. The first kappa shape index (κ1) is 17.2. The first-order chi connectivity index (χ1) is 9.99. The van der Waals surface area contributed by atoms with Crippen molar-refractivity contribution in [3.63, 3.8) is 0 Å². The number of hydrogen-bond donors (Lipinski definition) is 4. The van der Waals surface area contributed by atoms with E-state index in [1.54, 1.807) is 0 Å². The van der Waals surface area contributed by atoms with E-state index in [1.165, 1.54) is 12.8 Å². The van der Waals surface area contributed by atoms with Gasteiger partial charge in [0.25, 0.3) is 0 Å². The molecule has 1 saturated carbocycles. The number of nitrogens with one attached hydrogen (secondary N) is 2. The smallest absolute Gasteiger partial charge is 0.326 e. The summed E-state index contributed by atoms with van der Waals surface area (Å²) in [5.41, 5.74) is 0. The van der Waals surface area contributed by atoms with Crippen molar-refractivity contribution < 1.29 is 29.3 Å². The standard InChI is InChI=1S/C13H22N2O6/c16-11(17)5-4-10(12(18)19)15-13(20)14-6-1-7-21-8-9-2-3-9/h9-10H,1-8H2,(H,16,17)(H,18,19)(H2,14,15,20). The molecule has 1 rings (SSSR count). The fourth-order valence-corrected chi connectivity index (χ4v) is 1.65. The molecule has 0 spiro atoms. The molecule has 21 heavy (non-hydrogen) atoms. The van der Waals surface area contributed by atoms with Crippen LogP contribution in [0.15, 0.2) is 0 Å². The number of amides is 2. The van der Waals surface area contributed by atoms with Gasteiger partial charge >= 0.3 is 18.0 Å². The van der Waals surface area contributed by atoms with E-state index >= 15 is 0 Å². The van der Waals surface area contributed by atoms with Gasteiger partial charge in [0.15, 0.2) is 0 Å². The molecule has 0 aromatic rings. The monoisotopic (exact) mass is 302 g/mol. The number of carboxylic acid groups (broad SMARTS) is 2. The number of carboxylic acids is 2. The van der Waals surface area contributed by atoms with Crippen molar-refractivity contribution in [3.8, 4) is 0 Å². The van der Waals surface area contributed by atoms with E-state index in [4.69, 9.17) is 14.9 Å². The van der Waals surface area contributed by atoms with Gasteiger partial charge < -0.3 is 25.6 Å². The average Bonchev–Trinajstić information content (AvgIpc) is 3.22. The third-order valence-electron chi connectivity index (χ3n) is 3.05. The van der Waals surface area contributed by atoms with Crippen molar-refractivity contribution in [3.05, 3.63) is 0 Å². The molecule has 8 heteroatoms. The number of rotatable bonds is 11.